The lowest BCUT2D eigenvalue weighted by Crippen LogP contribution is -2.46. The van der Waals surface area contributed by atoms with E-state index in [4.69, 9.17) is 9.84 Å². The number of nitrogens with zero attached hydrogens (tertiary/aromatic N) is 1. The number of aliphatic carboxylic acids is 1. The molecule has 2 atom stereocenters. The van der Waals surface area contributed by atoms with Crippen LogP contribution in [-0.2, 0) is 9.53 Å². The van der Waals surface area contributed by atoms with Crippen LogP contribution in [-0.4, -0.2) is 57.9 Å². The summed E-state index contributed by atoms with van der Waals surface area (Å²) in [5.74, 6) is 0.251. The number of carbonyl (C=O) groups excluding carboxylic acids is 1. The molecule has 2 aliphatic heterocycles. The standard InChI is InChI=1S/C14H24N2O4S/c1-14(2,3)20-13(19)16-6-4-9(5-7-16)11-15-10(8-21-11)12(17)18/h9-11,15H,4-8H2,1-3H3,(H,17,18). The fraction of sp³-hybridized carbons (Fsp3) is 0.857. The van der Waals surface area contributed by atoms with Gasteiger partial charge in [-0.3, -0.25) is 10.1 Å². The minimum Gasteiger partial charge on any atom is -0.480 e. The number of amides is 1. The van der Waals surface area contributed by atoms with Gasteiger partial charge in [0.25, 0.3) is 0 Å². The summed E-state index contributed by atoms with van der Waals surface area (Å²) in [5, 5.41) is 12.4. The zero-order valence-corrected chi connectivity index (χ0v) is 13.6. The van der Waals surface area contributed by atoms with Crippen molar-refractivity contribution in [2.75, 3.05) is 18.8 Å². The van der Waals surface area contributed by atoms with Crippen LogP contribution in [0.1, 0.15) is 33.6 Å². The molecule has 0 saturated carbocycles. The van der Waals surface area contributed by atoms with Gasteiger partial charge in [0.1, 0.15) is 11.6 Å². The summed E-state index contributed by atoms with van der Waals surface area (Å²) in [6.07, 6.45) is 1.52. The molecule has 2 N–H and O–H groups in total. The van der Waals surface area contributed by atoms with Crippen LogP contribution in [0.4, 0.5) is 4.79 Å². The zero-order chi connectivity index (χ0) is 15.6. The molecule has 2 rings (SSSR count). The minimum atomic E-state index is -0.781. The second kappa shape index (κ2) is 6.44. The first-order chi connectivity index (χ1) is 9.76. The third kappa shape index (κ3) is 4.51. The largest absolute Gasteiger partial charge is 0.480 e. The number of rotatable bonds is 2. The van der Waals surface area contributed by atoms with Crippen LogP contribution in [0.5, 0.6) is 0 Å². The van der Waals surface area contributed by atoms with Crippen LogP contribution in [0.2, 0.25) is 0 Å². The molecule has 0 spiro atoms. The second-order valence-corrected chi connectivity index (χ2v) is 7.79. The molecule has 2 saturated heterocycles. The van der Waals surface area contributed by atoms with E-state index in [2.05, 4.69) is 5.32 Å². The van der Waals surface area contributed by atoms with Gasteiger partial charge in [-0.2, -0.15) is 0 Å². The molecule has 2 aliphatic rings. The lowest BCUT2D eigenvalue weighted by Gasteiger charge is -2.35. The van der Waals surface area contributed by atoms with Crippen molar-refractivity contribution in [3.8, 4) is 0 Å². The molecule has 0 aromatic heterocycles. The van der Waals surface area contributed by atoms with E-state index >= 15 is 0 Å². The van der Waals surface area contributed by atoms with Gasteiger partial charge in [0.05, 0.1) is 5.37 Å². The van der Waals surface area contributed by atoms with E-state index in [1.807, 2.05) is 20.8 Å². The summed E-state index contributed by atoms with van der Waals surface area (Å²) in [6.45, 7) is 6.94. The van der Waals surface area contributed by atoms with E-state index in [0.29, 0.717) is 24.8 Å². The van der Waals surface area contributed by atoms with E-state index in [-0.39, 0.29) is 11.5 Å². The quantitative estimate of drug-likeness (QED) is 0.808. The van der Waals surface area contributed by atoms with E-state index in [0.717, 1.165) is 12.8 Å². The Morgan fingerprint density at radius 3 is 2.38 bits per heavy atom. The molecule has 2 heterocycles. The molecule has 2 unspecified atom stereocenters. The number of ether oxygens (including phenoxy) is 1. The Balaban J connectivity index is 1.79. The monoisotopic (exact) mass is 316 g/mol. The Kier molecular flexibility index (Phi) is 5.03. The van der Waals surface area contributed by atoms with Crippen molar-refractivity contribution in [2.45, 2.75) is 50.6 Å². The molecule has 0 aliphatic carbocycles. The van der Waals surface area contributed by atoms with Gasteiger partial charge in [-0.1, -0.05) is 0 Å². The summed E-state index contributed by atoms with van der Waals surface area (Å²) in [5.41, 5.74) is -0.467. The molecule has 1 amide bonds. The Labute approximate surface area is 129 Å². The highest BCUT2D eigenvalue weighted by Crippen LogP contribution is 2.32. The third-order valence-corrected chi connectivity index (χ3v) is 5.13. The molecule has 0 aromatic carbocycles. The summed E-state index contributed by atoms with van der Waals surface area (Å²) in [7, 11) is 0. The maximum absolute atomic E-state index is 12.0. The van der Waals surface area contributed by atoms with Crippen molar-refractivity contribution >= 4 is 23.8 Å². The van der Waals surface area contributed by atoms with Crippen molar-refractivity contribution < 1.29 is 19.4 Å². The van der Waals surface area contributed by atoms with Gasteiger partial charge in [-0.05, 0) is 39.5 Å². The smallest absolute Gasteiger partial charge is 0.410 e. The number of carboxylic acid groups (broad SMARTS) is 1. The number of carbonyl (C=O) groups is 2. The Morgan fingerprint density at radius 1 is 1.29 bits per heavy atom. The lowest BCUT2D eigenvalue weighted by molar-refractivity contribution is -0.138. The first-order valence-electron chi connectivity index (χ1n) is 7.34. The molecule has 6 nitrogen and oxygen atoms in total. The van der Waals surface area contributed by atoms with Crippen LogP contribution >= 0.6 is 11.8 Å². The Bertz CT molecular complexity index is 402. The first kappa shape index (κ1) is 16.4. The molecule has 7 heteroatoms. The SMILES string of the molecule is CC(C)(C)OC(=O)N1CCC(C2NC(C(=O)O)CS2)CC1. The molecular formula is C14H24N2O4S. The van der Waals surface area contributed by atoms with Crippen molar-refractivity contribution in [1.29, 1.82) is 0 Å². The molecule has 0 aromatic rings. The number of piperidine rings is 1. The topological polar surface area (TPSA) is 78.9 Å². The van der Waals surface area contributed by atoms with Crippen molar-refractivity contribution in [3.05, 3.63) is 0 Å². The lowest BCUT2D eigenvalue weighted by atomic mass is 9.96. The summed E-state index contributed by atoms with van der Waals surface area (Å²) < 4.78 is 5.37. The van der Waals surface area contributed by atoms with Gasteiger partial charge in [0, 0.05) is 18.8 Å². The van der Waals surface area contributed by atoms with Crippen molar-refractivity contribution in [1.82, 2.24) is 10.2 Å². The Morgan fingerprint density at radius 2 is 1.90 bits per heavy atom. The third-order valence-electron chi connectivity index (χ3n) is 3.73. The minimum absolute atomic E-state index is 0.187. The second-order valence-electron chi connectivity index (χ2n) is 6.62. The summed E-state index contributed by atoms with van der Waals surface area (Å²) in [4.78, 5) is 24.7. The van der Waals surface area contributed by atoms with E-state index in [9.17, 15) is 9.59 Å². The highest BCUT2D eigenvalue weighted by molar-refractivity contribution is 8.00. The van der Waals surface area contributed by atoms with E-state index < -0.39 is 17.6 Å². The number of thioether (sulfide) groups is 1. The zero-order valence-electron chi connectivity index (χ0n) is 12.8. The number of nitrogens with one attached hydrogen (secondary N) is 1. The molecule has 2 fully saturated rings. The predicted molar refractivity (Wildman–Crippen MR) is 81.3 cm³/mol. The van der Waals surface area contributed by atoms with Crippen LogP contribution in [0.25, 0.3) is 0 Å². The molecule has 120 valence electrons. The molecular weight excluding hydrogens is 292 g/mol. The van der Waals surface area contributed by atoms with Gasteiger partial charge < -0.3 is 14.7 Å². The van der Waals surface area contributed by atoms with Gasteiger partial charge in [-0.15, -0.1) is 11.8 Å². The number of hydrogen-bond donors (Lipinski definition) is 2. The fourth-order valence-corrected chi connectivity index (χ4v) is 4.06. The van der Waals surface area contributed by atoms with E-state index in [1.165, 1.54) is 0 Å². The first-order valence-corrected chi connectivity index (χ1v) is 8.39. The highest BCUT2D eigenvalue weighted by atomic mass is 32.2. The van der Waals surface area contributed by atoms with E-state index in [1.54, 1.807) is 16.7 Å². The van der Waals surface area contributed by atoms with Crippen LogP contribution in [0.3, 0.4) is 0 Å². The summed E-state index contributed by atoms with van der Waals surface area (Å²) >= 11 is 1.68. The van der Waals surface area contributed by atoms with Crippen LogP contribution in [0, 0.1) is 5.92 Å². The van der Waals surface area contributed by atoms with Crippen molar-refractivity contribution in [3.63, 3.8) is 0 Å². The van der Waals surface area contributed by atoms with Gasteiger partial charge in [-0.25, -0.2) is 4.79 Å². The molecule has 21 heavy (non-hydrogen) atoms. The van der Waals surface area contributed by atoms with Gasteiger partial charge >= 0.3 is 12.1 Å². The fourth-order valence-electron chi connectivity index (χ4n) is 2.62. The predicted octanol–water partition coefficient (Wildman–Crippen LogP) is 1.75. The average Bonchev–Trinajstić information content (AvgIpc) is 2.86. The number of hydrogen-bond acceptors (Lipinski definition) is 5. The van der Waals surface area contributed by atoms with Crippen LogP contribution in [0.15, 0.2) is 0 Å². The molecule has 0 radical (unpaired) electrons. The number of likely N-dealkylation sites (tertiary alicyclic amines) is 1. The summed E-state index contributed by atoms with van der Waals surface area (Å²) in [6, 6.07) is -0.441. The average molecular weight is 316 g/mol. The maximum Gasteiger partial charge on any atom is 0.410 e. The molecule has 0 bridgehead atoms. The Hall–Kier alpha value is -0.950. The van der Waals surface area contributed by atoms with Crippen molar-refractivity contribution in [2.24, 2.45) is 5.92 Å². The normalized spacial score (nSPS) is 27.7. The van der Waals surface area contributed by atoms with Gasteiger partial charge in [0.15, 0.2) is 0 Å². The van der Waals surface area contributed by atoms with Crippen LogP contribution < -0.4 is 5.32 Å². The highest BCUT2D eigenvalue weighted by Gasteiger charge is 2.36. The maximum atomic E-state index is 12.0. The van der Waals surface area contributed by atoms with Gasteiger partial charge in [0.2, 0.25) is 0 Å². The number of carboxylic acids is 1.